The van der Waals surface area contributed by atoms with Crippen LogP contribution in [-0.4, -0.2) is 39.5 Å². The number of hydrogen-bond acceptors (Lipinski definition) is 6. The van der Waals surface area contributed by atoms with Crippen LogP contribution < -0.4 is 5.32 Å². The number of carbonyl (C=O) groups excluding carboxylic acids is 2. The maximum absolute atomic E-state index is 12.5. The Morgan fingerprint density at radius 3 is 2.24 bits per heavy atom. The molecule has 1 amide bonds. The Labute approximate surface area is 195 Å². The Bertz CT molecular complexity index is 1230. The molecule has 4 rings (SSSR count). The van der Waals surface area contributed by atoms with Gasteiger partial charge in [0.15, 0.2) is 5.16 Å². The lowest BCUT2D eigenvalue weighted by molar-refractivity contribution is -0.113. The van der Waals surface area contributed by atoms with E-state index in [1.807, 2.05) is 53.1 Å². The molecule has 1 heterocycles. The molecule has 4 aromatic rings. The van der Waals surface area contributed by atoms with Crippen molar-refractivity contribution in [1.29, 1.82) is 0 Å². The Morgan fingerprint density at radius 1 is 0.909 bits per heavy atom. The number of esters is 1. The van der Waals surface area contributed by atoms with Crippen LogP contribution in [-0.2, 0) is 16.0 Å². The van der Waals surface area contributed by atoms with Crippen LogP contribution in [0, 0.1) is 0 Å². The van der Waals surface area contributed by atoms with E-state index in [0.717, 1.165) is 17.1 Å². The summed E-state index contributed by atoms with van der Waals surface area (Å²) in [6, 6.07) is 26.5. The van der Waals surface area contributed by atoms with Gasteiger partial charge in [-0.3, -0.25) is 9.36 Å². The summed E-state index contributed by atoms with van der Waals surface area (Å²) in [5, 5.41) is 12.2. The molecule has 33 heavy (non-hydrogen) atoms. The fourth-order valence-electron chi connectivity index (χ4n) is 3.26. The van der Waals surface area contributed by atoms with Crippen molar-refractivity contribution in [3.63, 3.8) is 0 Å². The predicted octanol–water partition coefficient (Wildman–Crippen LogP) is 4.38. The summed E-state index contributed by atoms with van der Waals surface area (Å²) in [6.45, 7) is 0. The molecule has 0 fully saturated rings. The van der Waals surface area contributed by atoms with Gasteiger partial charge in [-0.05, 0) is 42.0 Å². The second kappa shape index (κ2) is 10.6. The number of rotatable bonds is 8. The third kappa shape index (κ3) is 5.67. The third-order valence-corrected chi connectivity index (χ3v) is 5.77. The normalized spacial score (nSPS) is 10.6. The van der Waals surface area contributed by atoms with Gasteiger partial charge >= 0.3 is 5.97 Å². The number of carbonyl (C=O) groups is 2. The number of amides is 1. The highest BCUT2D eigenvalue weighted by Crippen LogP contribution is 2.24. The highest BCUT2D eigenvalue weighted by Gasteiger charge is 2.16. The van der Waals surface area contributed by atoms with Crippen LogP contribution in [0.3, 0.4) is 0 Å². The molecular weight excluding hydrogens is 436 g/mol. The molecule has 0 saturated heterocycles. The van der Waals surface area contributed by atoms with Gasteiger partial charge in [0, 0.05) is 17.8 Å². The lowest BCUT2D eigenvalue weighted by Gasteiger charge is -2.10. The first-order chi connectivity index (χ1) is 16.1. The number of anilines is 1. The Morgan fingerprint density at radius 2 is 1.58 bits per heavy atom. The number of methoxy groups -OCH3 is 1. The average molecular weight is 459 g/mol. The van der Waals surface area contributed by atoms with Crippen LogP contribution in [0.25, 0.3) is 5.69 Å². The van der Waals surface area contributed by atoms with Gasteiger partial charge in [-0.1, -0.05) is 60.3 Å². The summed E-state index contributed by atoms with van der Waals surface area (Å²) < 4.78 is 6.67. The van der Waals surface area contributed by atoms with Crippen molar-refractivity contribution >= 4 is 29.3 Å². The van der Waals surface area contributed by atoms with Crippen molar-refractivity contribution in [1.82, 2.24) is 14.8 Å². The summed E-state index contributed by atoms with van der Waals surface area (Å²) in [5.41, 5.74) is 3.09. The van der Waals surface area contributed by atoms with Gasteiger partial charge in [-0.25, -0.2) is 4.79 Å². The first-order valence-electron chi connectivity index (χ1n) is 10.3. The van der Waals surface area contributed by atoms with Gasteiger partial charge < -0.3 is 10.1 Å². The minimum absolute atomic E-state index is 0.162. The summed E-state index contributed by atoms with van der Waals surface area (Å²) >= 11 is 1.32. The van der Waals surface area contributed by atoms with Crippen molar-refractivity contribution in [3.05, 3.63) is 102 Å². The fraction of sp³-hybridized carbons (Fsp3) is 0.120. The second-order valence-corrected chi connectivity index (χ2v) is 8.08. The first kappa shape index (κ1) is 22.3. The molecule has 0 unspecified atom stereocenters. The monoisotopic (exact) mass is 458 g/mol. The van der Waals surface area contributed by atoms with E-state index >= 15 is 0 Å². The van der Waals surface area contributed by atoms with E-state index in [-0.39, 0.29) is 11.7 Å². The molecule has 0 aliphatic rings. The maximum Gasteiger partial charge on any atom is 0.337 e. The number of nitrogens with one attached hydrogen (secondary N) is 1. The van der Waals surface area contributed by atoms with E-state index in [4.69, 9.17) is 0 Å². The van der Waals surface area contributed by atoms with Gasteiger partial charge in [0.05, 0.1) is 18.4 Å². The van der Waals surface area contributed by atoms with Crippen LogP contribution in [0.4, 0.5) is 5.69 Å². The molecule has 0 atom stereocenters. The van der Waals surface area contributed by atoms with Crippen LogP contribution in [0.5, 0.6) is 0 Å². The predicted molar refractivity (Wildman–Crippen MR) is 128 cm³/mol. The topological polar surface area (TPSA) is 86.1 Å². The number of para-hydroxylation sites is 1. The number of thioether (sulfide) groups is 1. The molecule has 0 saturated carbocycles. The van der Waals surface area contributed by atoms with Gasteiger partial charge in [-0.15, -0.1) is 10.2 Å². The SMILES string of the molecule is COC(=O)c1ccc(NC(=O)CSc2nnc(Cc3ccccc3)n2-c2ccccc2)cc1. The molecule has 1 N–H and O–H groups in total. The van der Waals surface area contributed by atoms with E-state index in [1.54, 1.807) is 24.3 Å². The van der Waals surface area contributed by atoms with Gasteiger partial charge in [0.2, 0.25) is 5.91 Å². The summed E-state index contributed by atoms with van der Waals surface area (Å²) in [4.78, 5) is 24.1. The van der Waals surface area contributed by atoms with Crippen LogP contribution in [0.1, 0.15) is 21.7 Å². The van der Waals surface area contributed by atoms with E-state index < -0.39 is 5.97 Å². The largest absolute Gasteiger partial charge is 0.465 e. The maximum atomic E-state index is 12.5. The zero-order chi connectivity index (χ0) is 23.0. The van der Waals surface area contributed by atoms with E-state index in [2.05, 4.69) is 32.4 Å². The number of benzene rings is 3. The number of nitrogens with zero attached hydrogens (tertiary/aromatic N) is 3. The van der Waals surface area contributed by atoms with Crippen molar-refractivity contribution in [2.75, 3.05) is 18.2 Å². The Balaban J connectivity index is 1.47. The molecule has 8 heteroatoms. The molecule has 7 nitrogen and oxygen atoms in total. The molecule has 0 aliphatic heterocycles. The molecule has 3 aromatic carbocycles. The summed E-state index contributed by atoms with van der Waals surface area (Å²) in [5.74, 6) is 0.358. The van der Waals surface area contributed by atoms with Gasteiger partial charge in [-0.2, -0.15) is 0 Å². The first-order valence-corrected chi connectivity index (χ1v) is 11.3. The Kier molecular flexibility index (Phi) is 7.16. The van der Waals surface area contributed by atoms with Gasteiger partial charge in [0.25, 0.3) is 0 Å². The molecule has 0 aliphatic carbocycles. The zero-order valence-electron chi connectivity index (χ0n) is 18.0. The lowest BCUT2D eigenvalue weighted by atomic mass is 10.1. The quantitative estimate of drug-likeness (QED) is 0.312. The van der Waals surface area contributed by atoms with Gasteiger partial charge in [0.1, 0.15) is 5.82 Å². The Hall–Kier alpha value is -3.91. The molecule has 0 spiro atoms. The standard InChI is InChI=1S/C25H22N4O3S/c1-32-24(31)19-12-14-20(15-13-19)26-23(30)17-33-25-28-27-22(16-18-8-4-2-5-9-18)29(25)21-10-6-3-7-11-21/h2-15H,16-17H2,1H3,(H,26,30). The lowest BCUT2D eigenvalue weighted by Crippen LogP contribution is -2.15. The fourth-order valence-corrected chi connectivity index (χ4v) is 4.03. The number of hydrogen-bond donors (Lipinski definition) is 1. The molecule has 1 aromatic heterocycles. The molecule has 0 bridgehead atoms. The minimum Gasteiger partial charge on any atom is -0.465 e. The highest BCUT2D eigenvalue weighted by atomic mass is 32.2. The van der Waals surface area contributed by atoms with E-state index in [1.165, 1.54) is 18.9 Å². The second-order valence-electron chi connectivity index (χ2n) is 7.14. The number of aromatic nitrogens is 3. The third-order valence-electron chi connectivity index (χ3n) is 4.84. The summed E-state index contributed by atoms with van der Waals surface area (Å²) in [7, 11) is 1.33. The van der Waals surface area contributed by atoms with Crippen LogP contribution in [0.15, 0.2) is 90.1 Å². The molecular formula is C25H22N4O3S. The van der Waals surface area contributed by atoms with Crippen molar-refractivity contribution in [3.8, 4) is 5.69 Å². The molecule has 0 radical (unpaired) electrons. The summed E-state index contributed by atoms with van der Waals surface area (Å²) in [6.07, 6.45) is 0.627. The van der Waals surface area contributed by atoms with Crippen molar-refractivity contribution < 1.29 is 14.3 Å². The van der Waals surface area contributed by atoms with Crippen LogP contribution >= 0.6 is 11.8 Å². The zero-order valence-corrected chi connectivity index (χ0v) is 18.8. The number of ether oxygens (including phenoxy) is 1. The molecule has 166 valence electrons. The highest BCUT2D eigenvalue weighted by molar-refractivity contribution is 7.99. The minimum atomic E-state index is -0.421. The smallest absolute Gasteiger partial charge is 0.337 e. The average Bonchev–Trinajstić information content (AvgIpc) is 3.26. The van der Waals surface area contributed by atoms with Crippen molar-refractivity contribution in [2.45, 2.75) is 11.6 Å². The van der Waals surface area contributed by atoms with Crippen LogP contribution in [0.2, 0.25) is 0 Å². The van der Waals surface area contributed by atoms with E-state index in [0.29, 0.717) is 22.8 Å². The van der Waals surface area contributed by atoms with E-state index in [9.17, 15) is 9.59 Å². The van der Waals surface area contributed by atoms with Crippen molar-refractivity contribution in [2.24, 2.45) is 0 Å².